The molecule has 0 fully saturated rings. The third kappa shape index (κ3) is 3.53. The van der Waals surface area contributed by atoms with Crippen molar-refractivity contribution in [1.29, 1.82) is 0 Å². The molecule has 0 unspecified atom stereocenters. The molecule has 0 N–H and O–H groups in total. The highest BCUT2D eigenvalue weighted by Gasteiger charge is 2.21. The molecule has 0 saturated heterocycles. The zero-order valence-electron chi connectivity index (χ0n) is 17.3. The fourth-order valence-corrected chi connectivity index (χ4v) is 3.46. The van der Waals surface area contributed by atoms with E-state index >= 15 is 0 Å². The van der Waals surface area contributed by atoms with Gasteiger partial charge in [-0.2, -0.15) is 0 Å². The molecule has 0 amide bonds. The van der Waals surface area contributed by atoms with E-state index in [4.69, 9.17) is 4.98 Å². The van der Waals surface area contributed by atoms with E-state index in [1.165, 1.54) is 27.6 Å². The largest absolute Gasteiger partial charge is 0.248 e. The first-order valence-corrected chi connectivity index (χ1v) is 9.64. The molecule has 26 heavy (non-hydrogen) atoms. The molecule has 1 nitrogen and oxygen atoms in total. The summed E-state index contributed by atoms with van der Waals surface area (Å²) in [6.07, 6.45) is 1.11. The minimum absolute atomic E-state index is 0.135. The van der Waals surface area contributed by atoms with Gasteiger partial charge >= 0.3 is 0 Å². The standard InChI is InChI=1S/C25H31N/c1-8-25(6,7)21-10-9-11-23-20(21)12-13-22(26-23)18-14-17(2)15-19(16-18)24(3,4)5/h9-16H,8H2,1-7H3. The van der Waals surface area contributed by atoms with Gasteiger partial charge in [0.15, 0.2) is 0 Å². The van der Waals surface area contributed by atoms with Crippen LogP contribution in [0.5, 0.6) is 0 Å². The molecule has 0 atom stereocenters. The topological polar surface area (TPSA) is 12.9 Å². The van der Waals surface area contributed by atoms with Crippen molar-refractivity contribution in [3.63, 3.8) is 0 Å². The second kappa shape index (κ2) is 6.54. The Balaban J connectivity index is 2.16. The normalized spacial score (nSPS) is 12.6. The Morgan fingerprint density at radius 1 is 0.885 bits per heavy atom. The van der Waals surface area contributed by atoms with Crippen molar-refractivity contribution in [2.75, 3.05) is 0 Å². The predicted octanol–water partition coefficient (Wildman–Crippen LogP) is 7.20. The molecule has 0 aliphatic rings. The monoisotopic (exact) mass is 345 g/mol. The summed E-state index contributed by atoms with van der Waals surface area (Å²) in [5.41, 5.74) is 7.67. The van der Waals surface area contributed by atoms with Gasteiger partial charge in [-0.05, 0) is 59.6 Å². The number of aromatic nitrogens is 1. The Kier molecular flexibility index (Phi) is 4.69. The van der Waals surface area contributed by atoms with E-state index in [1.54, 1.807) is 0 Å². The first-order valence-electron chi connectivity index (χ1n) is 9.64. The van der Waals surface area contributed by atoms with Gasteiger partial charge in [-0.15, -0.1) is 0 Å². The highest BCUT2D eigenvalue weighted by molar-refractivity contribution is 5.85. The molecule has 1 aromatic heterocycles. The maximum absolute atomic E-state index is 5.02. The van der Waals surface area contributed by atoms with Crippen molar-refractivity contribution in [1.82, 2.24) is 4.98 Å². The van der Waals surface area contributed by atoms with Crippen LogP contribution in [0.25, 0.3) is 22.2 Å². The van der Waals surface area contributed by atoms with Crippen LogP contribution in [0.15, 0.2) is 48.5 Å². The number of aryl methyl sites for hydroxylation is 1. The number of hydrogen-bond acceptors (Lipinski definition) is 1. The Bertz CT molecular complexity index is 942. The van der Waals surface area contributed by atoms with Crippen molar-refractivity contribution in [3.05, 3.63) is 65.2 Å². The number of benzene rings is 2. The van der Waals surface area contributed by atoms with Crippen molar-refractivity contribution in [2.24, 2.45) is 0 Å². The molecule has 0 aliphatic carbocycles. The maximum Gasteiger partial charge on any atom is 0.0712 e. The summed E-state index contributed by atoms with van der Waals surface area (Å²) in [7, 11) is 0. The molecule has 0 radical (unpaired) electrons. The first kappa shape index (κ1) is 18.6. The van der Waals surface area contributed by atoms with Crippen molar-refractivity contribution in [2.45, 2.75) is 65.7 Å². The molecular weight excluding hydrogens is 314 g/mol. The third-order valence-corrected chi connectivity index (χ3v) is 5.58. The van der Waals surface area contributed by atoms with Gasteiger partial charge in [0, 0.05) is 10.9 Å². The summed E-state index contributed by atoms with van der Waals surface area (Å²) >= 11 is 0. The lowest BCUT2D eigenvalue weighted by molar-refractivity contribution is 0.510. The summed E-state index contributed by atoms with van der Waals surface area (Å²) in [6.45, 7) is 15.8. The molecule has 3 rings (SSSR count). The lowest BCUT2D eigenvalue weighted by atomic mass is 9.80. The Labute approximate surface area is 158 Å². The zero-order valence-corrected chi connectivity index (χ0v) is 17.3. The Morgan fingerprint density at radius 3 is 2.27 bits per heavy atom. The lowest BCUT2D eigenvalue weighted by Gasteiger charge is -2.25. The molecule has 0 bridgehead atoms. The first-order chi connectivity index (χ1) is 12.1. The Morgan fingerprint density at radius 2 is 1.62 bits per heavy atom. The summed E-state index contributed by atoms with van der Waals surface area (Å²) in [4.78, 5) is 5.02. The van der Waals surface area contributed by atoms with Crippen LogP contribution in [0.2, 0.25) is 0 Å². The molecule has 3 aromatic rings. The summed E-state index contributed by atoms with van der Waals surface area (Å²) in [6, 6.07) is 17.8. The number of fused-ring (bicyclic) bond motifs is 1. The number of hydrogen-bond donors (Lipinski definition) is 0. The zero-order chi connectivity index (χ0) is 19.1. The number of rotatable bonds is 3. The van der Waals surface area contributed by atoms with E-state index in [0.29, 0.717) is 0 Å². The van der Waals surface area contributed by atoms with E-state index in [9.17, 15) is 0 Å². The highest BCUT2D eigenvalue weighted by atomic mass is 14.7. The van der Waals surface area contributed by atoms with Gasteiger partial charge < -0.3 is 0 Å². The van der Waals surface area contributed by atoms with Gasteiger partial charge in [-0.1, -0.05) is 71.4 Å². The van der Waals surface area contributed by atoms with Gasteiger partial charge in [0.1, 0.15) is 0 Å². The maximum atomic E-state index is 5.02. The van der Waals surface area contributed by atoms with Crippen LogP contribution >= 0.6 is 0 Å². The fourth-order valence-electron chi connectivity index (χ4n) is 3.46. The third-order valence-electron chi connectivity index (χ3n) is 5.58. The van der Waals surface area contributed by atoms with Crippen LogP contribution < -0.4 is 0 Å². The van der Waals surface area contributed by atoms with Gasteiger partial charge in [0.25, 0.3) is 0 Å². The molecule has 1 heterocycles. The minimum Gasteiger partial charge on any atom is -0.248 e. The molecule has 0 spiro atoms. The minimum atomic E-state index is 0.135. The van der Waals surface area contributed by atoms with Crippen LogP contribution in [0, 0.1) is 6.92 Å². The summed E-state index contributed by atoms with van der Waals surface area (Å²) in [5.74, 6) is 0. The van der Waals surface area contributed by atoms with Crippen LogP contribution in [-0.2, 0) is 10.8 Å². The molecule has 0 saturated carbocycles. The number of nitrogens with zero attached hydrogens (tertiary/aromatic N) is 1. The summed E-state index contributed by atoms with van der Waals surface area (Å²) < 4.78 is 0. The average molecular weight is 346 g/mol. The van der Waals surface area contributed by atoms with Crippen LogP contribution in [0.3, 0.4) is 0 Å². The van der Waals surface area contributed by atoms with E-state index in [2.05, 4.69) is 97.0 Å². The van der Waals surface area contributed by atoms with E-state index < -0.39 is 0 Å². The van der Waals surface area contributed by atoms with Crippen LogP contribution in [0.1, 0.15) is 64.7 Å². The quantitative estimate of drug-likeness (QED) is 0.489. The smallest absolute Gasteiger partial charge is 0.0712 e. The van der Waals surface area contributed by atoms with Gasteiger partial charge in [0.05, 0.1) is 11.2 Å². The van der Waals surface area contributed by atoms with Crippen molar-refractivity contribution < 1.29 is 0 Å². The molecule has 2 aromatic carbocycles. The molecule has 0 aliphatic heterocycles. The van der Waals surface area contributed by atoms with Gasteiger partial charge in [-0.25, -0.2) is 4.98 Å². The lowest BCUT2D eigenvalue weighted by Crippen LogP contribution is -2.16. The van der Waals surface area contributed by atoms with Crippen molar-refractivity contribution >= 4 is 10.9 Å². The number of pyridine rings is 1. The molecular formula is C25H31N. The van der Waals surface area contributed by atoms with Crippen molar-refractivity contribution in [3.8, 4) is 11.3 Å². The van der Waals surface area contributed by atoms with Crippen LogP contribution in [-0.4, -0.2) is 4.98 Å². The SMILES string of the molecule is CCC(C)(C)c1cccc2nc(-c3cc(C)cc(C(C)(C)C)c3)ccc12. The molecule has 1 heteroatoms. The fraction of sp³-hybridized carbons (Fsp3) is 0.400. The second-order valence-electron chi connectivity index (χ2n) is 9.14. The molecule has 136 valence electrons. The second-order valence-corrected chi connectivity index (χ2v) is 9.14. The van der Waals surface area contributed by atoms with Gasteiger partial charge in [0.2, 0.25) is 0 Å². The Hall–Kier alpha value is -2.15. The van der Waals surface area contributed by atoms with E-state index in [-0.39, 0.29) is 10.8 Å². The average Bonchev–Trinajstić information content (AvgIpc) is 2.59. The van der Waals surface area contributed by atoms with Crippen LogP contribution in [0.4, 0.5) is 0 Å². The van der Waals surface area contributed by atoms with Gasteiger partial charge in [-0.3, -0.25) is 0 Å². The van der Waals surface area contributed by atoms with E-state index in [0.717, 1.165) is 17.6 Å². The predicted molar refractivity (Wildman–Crippen MR) is 114 cm³/mol. The highest BCUT2D eigenvalue weighted by Crippen LogP contribution is 2.34. The summed E-state index contributed by atoms with van der Waals surface area (Å²) in [5, 5.41) is 1.27. The van der Waals surface area contributed by atoms with E-state index in [1.807, 2.05) is 0 Å².